The predicted molar refractivity (Wildman–Crippen MR) is 115 cm³/mol. The Morgan fingerprint density at radius 2 is 2.04 bits per heavy atom. The molecule has 3 aromatic rings. The highest BCUT2D eigenvalue weighted by molar-refractivity contribution is 9.10. The molecule has 1 amide bonds. The number of aliphatic imine (C=N–C) groups is 1. The van der Waals surface area contributed by atoms with Crippen molar-refractivity contribution < 1.29 is 9.90 Å². The van der Waals surface area contributed by atoms with Gasteiger partial charge in [-0.25, -0.2) is 0 Å². The molecule has 140 valence electrons. The van der Waals surface area contributed by atoms with Crippen LogP contribution in [0.3, 0.4) is 0 Å². The Bertz CT molecular complexity index is 1180. The highest BCUT2D eigenvalue weighted by Crippen LogP contribution is 2.36. The fourth-order valence-corrected chi connectivity index (χ4v) is 4.03. The van der Waals surface area contributed by atoms with Crippen molar-refractivity contribution in [1.29, 1.82) is 0 Å². The second kappa shape index (κ2) is 7.57. The molecule has 1 aromatic heterocycles. The van der Waals surface area contributed by atoms with Gasteiger partial charge in [0.1, 0.15) is 6.54 Å². The molecule has 28 heavy (non-hydrogen) atoms. The third-order valence-electron chi connectivity index (χ3n) is 4.15. The first-order valence-electron chi connectivity index (χ1n) is 8.34. The zero-order valence-corrected chi connectivity index (χ0v) is 16.8. The van der Waals surface area contributed by atoms with Crippen molar-refractivity contribution in [2.45, 2.75) is 6.54 Å². The Morgan fingerprint density at radius 1 is 1.25 bits per heavy atom. The molecule has 0 unspecified atom stereocenters. The van der Waals surface area contributed by atoms with E-state index >= 15 is 0 Å². The van der Waals surface area contributed by atoms with Crippen molar-refractivity contribution in [3.8, 4) is 5.88 Å². The molecule has 1 aliphatic rings. The fraction of sp³-hybridized carbons (Fsp3) is 0.0500. The molecule has 0 radical (unpaired) electrons. The monoisotopic (exact) mass is 455 g/mol. The van der Waals surface area contributed by atoms with Crippen LogP contribution in [0.1, 0.15) is 10.4 Å². The average molecular weight is 456 g/mol. The minimum absolute atomic E-state index is 0.234. The molecule has 2 N–H and O–H groups in total. The maximum atomic E-state index is 12.3. The molecule has 2 aromatic carbocycles. The topological polar surface area (TPSA) is 83.7 Å². The van der Waals surface area contributed by atoms with Gasteiger partial charge in [-0.05, 0) is 36.4 Å². The lowest BCUT2D eigenvalue weighted by molar-refractivity contribution is -0.116. The molecule has 0 saturated carbocycles. The zero-order chi connectivity index (χ0) is 19.7. The van der Waals surface area contributed by atoms with E-state index in [0.29, 0.717) is 10.6 Å². The van der Waals surface area contributed by atoms with E-state index in [1.807, 2.05) is 24.3 Å². The van der Waals surface area contributed by atoms with Crippen molar-refractivity contribution in [3.05, 3.63) is 73.1 Å². The summed E-state index contributed by atoms with van der Waals surface area (Å²) < 4.78 is 1.97. The number of benzene rings is 2. The lowest BCUT2D eigenvalue weighted by atomic mass is 10.1. The second-order valence-corrected chi connectivity index (χ2v) is 7.98. The van der Waals surface area contributed by atoms with Crippen LogP contribution in [0.2, 0.25) is 0 Å². The Kier molecular flexibility index (Phi) is 4.97. The van der Waals surface area contributed by atoms with Gasteiger partial charge in [0, 0.05) is 27.5 Å². The highest BCUT2D eigenvalue weighted by atomic mass is 79.9. The van der Waals surface area contributed by atoms with Gasteiger partial charge in [0.2, 0.25) is 11.8 Å². The number of para-hydroxylation sites is 1. The van der Waals surface area contributed by atoms with Crippen molar-refractivity contribution in [1.82, 2.24) is 4.57 Å². The van der Waals surface area contributed by atoms with E-state index in [9.17, 15) is 14.7 Å². The Morgan fingerprint density at radius 3 is 2.82 bits per heavy atom. The fourth-order valence-electron chi connectivity index (χ4n) is 2.83. The standard InChI is InChI=1S/C20H14BrN3O3S/c21-13-6-7-16-15(9-13)12(10-22-16)8-17-19(26)24(20(27)28-17)11-18(25)23-14-4-2-1-3-5-14/h1-10,26H,11H2,(H,23,25)/b12-8-. The maximum absolute atomic E-state index is 12.3. The number of hydrogen-bond donors (Lipinski definition) is 2. The van der Waals surface area contributed by atoms with Crippen molar-refractivity contribution in [2.75, 3.05) is 5.32 Å². The van der Waals surface area contributed by atoms with E-state index in [1.165, 1.54) is 0 Å². The van der Waals surface area contributed by atoms with Crippen molar-refractivity contribution in [3.63, 3.8) is 0 Å². The summed E-state index contributed by atoms with van der Waals surface area (Å²) in [6, 6.07) is 14.7. The van der Waals surface area contributed by atoms with Crippen LogP contribution < -0.4 is 10.2 Å². The molecule has 0 saturated heterocycles. The molecule has 0 atom stereocenters. The quantitative estimate of drug-likeness (QED) is 0.615. The summed E-state index contributed by atoms with van der Waals surface area (Å²) in [6.45, 7) is -0.268. The lowest BCUT2D eigenvalue weighted by Gasteiger charge is -2.06. The van der Waals surface area contributed by atoms with Crippen LogP contribution in [-0.4, -0.2) is 21.8 Å². The van der Waals surface area contributed by atoms with Gasteiger partial charge in [0.15, 0.2) is 0 Å². The molecular weight excluding hydrogens is 442 g/mol. The van der Waals surface area contributed by atoms with Crippen LogP contribution in [-0.2, 0) is 11.3 Å². The third-order valence-corrected chi connectivity index (χ3v) is 5.56. The van der Waals surface area contributed by atoms with E-state index in [2.05, 4.69) is 26.2 Å². The van der Waals surface area contributed by atoms with Gasteiger partial charge in [0.05, 0.1) is 10.6 Å². The van der Waals surface area contributed by atoms with Crippen LogP contribution in [0.15, 0.2) is 62.8 Å². The summed E-state index contributed by atoms with van der Waals surface area (Å²) in [5.74, 6) is -0.625. The second-order valence-electron chi connectivity index (χ2n) is 6.08. The number of halogens is 1. The number of rotatable bonds is 4. The number of allylic oxidation sites excluding steroid dienone is 1. The van der Waals surface area contributed by atoms with Gasteiger partial charge in [0.25, 0.3) is 0 Å². The number of thiazole rings is 1. The van der Waals surface area contributed by atoms with E-state index < -0.39 is 10.8 Å². The maximum Gasteiger partial charge on any atom is 0.311 e. The van der Waals surface area contributed by atoms with Crippen LogP contribution in [0, 0.1) is 0 Å². The Balaban J connectivity index is 1.59. The molecule has 0 bridgehead atoms. The Labute approximate surface area is 172 Å². The van der Waals surface area contributed by atoms with Crippen LogP contribution in [0.4, 0.5) is 11.4 Å². The molecule has 8 heteroatoms. The first-order valence-corrected chi connectivity index (χ1v) is 9.95. The number of hydrogen-bond acceptors (Lipinski definition) is 5. The molecular formula is C20H14BrN3O3S. The number of carbonyl (C=O) groups excluding carboxylic acids is 1. The van der Waals surface area contributed by atoms with Crippen LogP contribution in [0.5, 0.6) is 5.88 Å². The van der Waals surface area contributed by atoms with Crippen molar-refractivity contribution >= 4 is 62.4 Å². The predicted octanol–water partition coefficient (Wildman–Crippen LogP) is 4.27. The van der Waals surface area contributed by atoms with Gasteiger partial charge in [-0.15, -0.1) is 0 Å². The first kappa shape index (κ1) is 18.4. The van der Waals surface area contributed by atoms with E-state index in [1.54, 1.807) is 36.6 Å². The molecule has 0 aliphatic carbocycles. The van der Waals surface area contributed by atoms with Crippen molar-refractivity contribution in [2.24, 2.45) is 4.99 Å². The summed E-state index contributed by atoms with van der Waals surface area (Å²) in [4.78, 5) is 28.8. The van der Waals surface area contributed by atoms with E-state index in [-0.39, 0.29) is 12.4 Å². The minimum atomic E-state index is -0.406. The largest absolute Gasteiger partial charge is 0.493 e. The van der Waals surface area contributed by atoms with Gasteiger partial charge in [-0.1, -0.05) is 45.5 Å². The van der Waals surface area contributed by atoms with Gasteiger partial charge < -0.3 is 10.4 Å². The summed E-state index contributed by atoms with van der Waals surface area (Å²) in [5, 5.41) is 13.2. The number of nitrogens with one attached hydrogen (secondary N) is 1. The summed E-state index contributed by atoms with van der Waals surface area (Å²) in [6.07, 6.45) is 3.39. The smallest absolute Gasteiger partial charge is 0.311 e. The normalized spacial score (nSPS) is 13.7. The summed E-state index contributed by atoms with van der Waals surface area (Å²) in [5.41, 5.74) is 3.14. The van der Waals surface area contributed by atoms with Gasteiger partial charge >= 0.3 is 4.87 Å². The van der Waals surface area contributed by atoms with Crippen LogP contribution in [0.25, 0.3) is 11.6 Å². The number of fused-ring (bicyclic) bond motifs is 1. The number of aromatic nitrogens is 1. The Hall–Kier alpha value is -2.97. The first-order chi connectivity index (χ1) is 13.5. The minimum Gasteiger partial charge on any atom is -0.493 e. The molecule has 0 fully saturated rings. The molecule has 2 heterocycles. The van der Waals surface area contributed by atoms with Gasteiger partial charge in [-0.2, -0.15) is 0 Å². The summed E-state index contributed by atoms with van der Waals surface area (Å²) >= 11 is 4.32. The zero-order valence-electron chi connectivity index (χ0n) is 14.4. The number of nitrogens with zero attached hydrogens (tertiary/aromatic N) is 2. The lowest BCUT2D eigenvalue weighted by Crippen LogP contribution is -2.23. The van der Waals surface area contributed by atoms with E-state index in [0.717, 1.165) is 37.2 Å². The molecule has 0 spiro atoms. The third kappa shape index (κ3) is 3.69. The number of carbonyl (C=O) groups is 1. The SMILES string of the molecule is O=C(Cn1c(O)c(/C=C2/C=Nc3ccc(Br)cc32)sc1=O)Nc1ccccc1. The highest BCUT2D eigenvalue weighted by Gasteiger charge is 2.18. The molecule has 1 aliphatic heterocycles. The van der Waals surface area contributed by atoms with E-state index in [4.69, 9.17) is 0 Å². The molecule has 6 nitrogen and oxygen atoms in total. The number of anilines is 1. The number of amides is 1. The average Bonchev–Trinajstić information content (AvgIpc) is 3.18. The van der Waals surface area contributed by atoms with Crippen LogP contribution >= 0.6 is 27.3 Å². The molecule has 4 rings (SSSR count). The number of aromatic hydroxyl groups is 1. The van der Waals surface area contributed by atoms with Gasteiger partial charge in [-0.3, -0.25) is 19.1 Å². The summed E-state index contributed by atoms with van der Waals surface area (Å²) in [7, 11) is 0.